The number of rotatable bonds is 4. The van der Waals surface area contributed by atoms with Gasteiger partial charge in [-0.05, 0) is 18.6 Å². The van der Waals surface area contributed by atoms with Crippen LogP contribution in [0.1, 0.15) is 12.5 Å². The van der Waals surface area contributed by atoms with Gasteiger partial charge in [-0.25, -0.2) is 0 Å². The number of carboxylic acids is 1. The number of hydrogen-bond donors (Lipinski definition) is 2. The van der Waals surface area contributed by atoms with E-state index >= 15 is 0 Å². The molecule has 2 N–H and O–H groups in total. The van der Waals surface area contributed by atoms with Gasteiger partial charge in [0.1, 0.15) is 17.9 Å². The molecule has 4 nitrogen and oxygen atoms in total. The normalized spacial score (nSPS) is 19.9. The Morgan fingerprint density at radius 3 is 3.06 bits per heavy atom. The van der Waals surface area contributed by atoms with E-state index in [1.807, 2.05) is 24.3 Å². The minimum atomic E-state index is -0.837. The molecule has 0 spiro atoms. The molecule has 2 rings (SSSR count). The van der Waals surface area contributed by atoms with Crippen LogP contribution in [0.4, 0.5) is 0 Å². The van der Waals surface area contributed by atoms with Gasteiger partial charge in [0.25, 0.3) is 0 Å². The monoisotopic (exact) mass is 221 g/mol. The van der Waals surface area contributed by atoms with Crippen molar-refractivity contribution in [1.82, 2.24) is 5.32 Å². The maximum Gasteiger partial charge on any atom is 0.320 e. The highest BCUT2D eigenvalue weighted by molar-refractivity contribution is 5.72. The lowest BCUT2D eigenvalue weighted by Gasteiger charge is -2.14. The fourth-order valence-electron chi connectivity index (χ4n) is 1.76. The molecule has 86 valence electrons. The Labute approximate surface area is 94.2 Å². The van der Waals surface area contributed by atoms with Crippen molar-refractivity contribution in [3.8, 4) is 5.75 Å². The summed E-state index contributed by atoms with van der Waals surface area (Å²) in [7, 11) is 0. The Bertz CT molecular complexity index is 367. The van der Waals surface area contributed by atoms with Crippen molar-refractivity contribution in [3.63, 3.8) is 0 Å². The fraction of sp³-hybridized carbons (Fsp3) is 0.417. The highest BCUT2D eigenvalue weighted by Gasteiger charge is 2.23. The summed E-state index contributed by atoms with van der Waals surface area (Å²) in [5, 5.41) is 11.7. The van der Waals surface area contributed by atoms with E-state index in [0.717, 1.165) is 12.2 Å². The summed E-state index contributed by atoms with van der Waals surface area (Å²) in [5.41, 5.74) is 1.19. The third-order valence-corrected chi connectivity index (χ3v) is 2.74. The summed E-state index contributed by atoms with van der Waals surface area (Å²) in [5.74, 6) is 0.0767. The van der Waals surface area contributed by atoms with Crippen LogP contribution >= 0.6 is 0 Å². The Balaban J connectivity index is 1.86. The SMILES string of the molecule is CC(NCC1Cc2ccccc2O1)C(=O)O. The highest BCUT2D eigenvalue weighted by atomic mass is 16.5. The zero-order valence-corrected chi connectivity index (χ0v) is 9.14. The predicted octanol–water partition coefficient (Wildman–Crippen LogP) is 1.05. The molecule has 1 aliphatic heterocycles. The van der Waals surface area contributed by atoms with E-state index in [2.05, 4.69) is 5.32 Å². The lowest BCUT2D eigenvalue weighted by Crippen LogP contribution is -2.40. The molecule has 1 heterocycles. The molecule has 4 heteroatoms. The molecular formula is C12H15NO3. The Kier molecular flexibility index (Phi) is 3.10. The van der Waals surface area contributed by atoms with Crippen molar-refractivity contribution in [2.24, 2.45) is 0 Å². The second-order valence-electron chi connectivity index (χ2n) is 4.02. The number of para-hydroxylation sites is 1. The van der Waals surface area contributed by atoms with E-state index in [0.29, 0.717) is 6.54 Å². The van der Waals surface area contributed by atoms with Crippen LogP contribution in [0, 0.1) is 0 Å². The largest absolute Gasteiger partial charge is 0.488 e. The summed E-state index contributed by atoms with van der Waals surface area (Å²) in [6, 6.07) is 7.37. The molecule has 0 amide bonds. The second-order valence-corrected chi connectivity index (χ2v) is 4.02. The first-order valence-corrected chi connectivity index (χ1v) is 5.37. The van der Waals surface area contributed by atoms with E-state index in [9.17, 15) is 4.79 Å². The lowest BCUT2D eigenvalue weighted by molar-refractivity contribution is -0.139. The Morgan fingerprint density at radius 2 is 2.38 bits per heavy atom. The van der Waals surface area contributed by atoms with E-state index in [1.165, 1.54) is 5.56 Å². The van der Waals surface area contributed by atoms with Crippen molar-refractivity contribution in [3.05, 3.63) is 29.8 Å². The minimum Gasteiger partial charge on any atom is -0.488 e. The quantitative estimate of drug-likeness (QED) is 0.798. The van der Waals surface area contributed by atoms with Crippen molar-refractivity contribution >= 4 is 5.97 Å². The zero-order chi connectivity index (χ0) is 11.5. The summed E-state index contributed by atoms with van der Waals surface area (Å²) >= 11 is 0. The smallest absolute Gasteiger partial charge is 0.320 e. The van der Waals surface area contributed by atoms with Crippen LogP contribution < -0.4 is 10.1 Å². The van der Waals surface area contributed by atoms with Crippen LogP contribution in [0.5, 0.6) is 5.75 Å². The van der Waals surface area contributed by atoms with Crippen LogP contribution in [0.15, 0.2) is 24.3 Å². The molecule has 0 radical (unpaired) electrons. The number of carboxylic acid groups (broad SMARTS) is 1. The maximum absolute atomic E-state index is 10.6. The second kappa shape index (κ2) is 4.53. The van der Waals surface area contributed by atoms with Gasteiger partial charge in [-0.3, -0.25) is 4.79 Å². The van der Waals surface area contributed by atoms with Gasteiger partial charge in [-0.2, -0.15) is 0 Å². The van der Waals surface area contributed by atoms with E-state index in [4.69, 9.17) is 9.84 Å². The number of fused-ring (bicyclic) bond motifs is 1. The molecule has 0 aromatic heterocycles. The first-order valence-electron chi connectivity index (χ1n) is 5.37. The number of nitrogens with one attached hydrogen (secondary N) is 1. The molecule has 0 aliphatic carbocycles. The van der Waals surface area contributed by atoms with Gasteiger partial charge in [0.2, 0.25) is 0 Å². The zero-order valence-electron chi connectivity index (χ0n) is 9.14. The summed E-state index contributed by atoms with van der Waals surface area (Å²) in [6.45, 7) is 2.19. The van der Waals surface area contributed by atoms with E-state index in [1.54, 1.807) is 6.92 Å². The molecule has 2 unspecified atom stereocenters. The molecule has 16 heavy (non-hydrogen) atoms. The highest BCUT2D eigenvalue weighted by Crippen LogP contribution is 2.27. The minimum absolute atomic E-state index is 0.0409. The van der Waals surface area contributed by atoms with Gasteiger partial charge in [0, 0.05) is 13.0 Å². The van der Waals surface area contributed by atoms with Crippen LogP contribution in [0.2, 0.25) is 0 Å². The standard InChI is InChI=1S/C12H15NO3/c1-8(12(14)15)13-7-10-6-9-4-2-3-5-11(9)16-10/h2-5,8,10,13H,6-7H2,1H3,(H,14,15). The molecule has 1 aromatic rings. The molecule has 0 fully saturated rings. The van der Waals surface area contributed by atoms with Crippen molar-refractivity contribution < 1.29 is 14.6 Å². The van der Waals surface area contributed by atoms with Gasteiger partial charge in [0.05, 0.1) is 0 Å². The van der Waals surface area contributed by atoms with Crippen molar-refractivity contribution in [2.45, 2.75) is 25.5 Å². The van der Waals surface area contributed by atoms with Gasteiger partial charge in [-0.15, -0.1) is 0 Å². The first kappa shape index (κ1) is 11.0. The number of hydrogen-bond acceptors (Lipinski definition) is 3. The van der Waals surface area contributed by atoms with Crippen LogP contribution in [0.25, 0.3) is 0 Å². The molecule has 1 aromatic carbocycles. The fourth-order valence-corrected chi connectivity index (χ4v) is 1.76. The number of carbonyl (C=O) groups is 1. The molecule has 0 saturated carbocycles. The number of benzene rings is 1. The molecular weight excluding hydrogens is 206 g/mol. The number of ether oxygens (including phenoxy) is 1. The molecule has 0 bridgehead atoms. The van der Waals surface area contributed by atoms with Crippen LogP contribution in [-0.2, 0) is 11.2 Å². The first-order chi connectivity index (χ1) is 7.66. The van der Waals surface area contributed by atoms with Gasteiger partial charge < -0.3 is 15.2 Å². The topological polar surface area (TPSA) is 58.6 Å². The predicted molar refractivity (Wildman–Crippen MR) is 59.7 cm³/mol. The average molecular weight is 221 g/mol. The van der Waals surface area contributed by atoms with Crippen LogP contribution in [-0.4, -0.2) is 29.8 Å². The average Bonchev–Trinajstić information content (AvgIpc) is 2.68. The Hall–Kier alpha value is -1.55. The summed E-state index contributed by atoms with van der Waals surface area (Å²) in [6.07, 6.45) is 0.884. The van der Waals surface area contributed by atoms with Crippen LogP contribution in [0.3, 0.4) is 0 Å². The van der Waals surface area contributed by atoms with Gasteiger partial charge >= 0.3 is 5.97 Å². The molecule has 0 saturated heterocycles. The number of aliphatic carboxylic acids is 1. The summed E-state index contributed by atoms with van der Waals surface area (Å²) < 4.78 is 5.68. The lowest BCUT2D eigenvalue weighted by atomic mass is 10.1. The van der Waals surface area contributed by atoms with Crippen molar-refractivity contribution in [2.75, 3.05) is 6.54 Å². The van der Waals surface area contributed by atoms with E-state index < -0.39 is 12.0 Å². The third-order valence-electron chi connectivity index (χ3n) is 2.74. The van der Waals surface area contributed by atoms with Gasteiger partial charge in [0.15, 0.2) is 0 Å². The van der Waals surface area contributed by atoms with Gasteiger partial charge in [-0.1, -0.05) is 18.2 Å². The van der Waals surface area contributed by atoms with E-state index in [-0.39, 0.29) is 6.10 Å². The Morgan fingerprint density at radius 1 is 1.62 bits per heavy atom. The maximum atomic E-state index is 10.6. The molecule has 1 aliphatic rings. The van der Waals surface area contributed by atoms with Crippen molar-refractivity contribution in [1.29, 1.82) is 0 Å². The summed E-state index contributed by atoms with van der Waals surface area (Å²) in [4.78, 5) is 10.6. The molecule has 2 atom stereocenters. The third kappa shape index (κ3) is 2.33.